The molecule has 0 aliphatic carbocycles. The van der Waals surface area contributed by atoms with E-state index in [1.807, 2.05) is 31.2 Å². The molecule has 0 saturated carbocycles. The van der Waals surface area contributed by atoms with Gasteiger partial charge < -0.3 is 10.3 Å². The number of aromatic amines is 1. The van der Waals surface area contributed by atoms with E-state index in [1.54, 1.807) is 18.2 Å². The highest BCUT2D eigenvalue weighted by Gasteiger charge is 2.08. The largest absolute Gasteiger partial charge is 0.332 e. The number of carbonyl (C=O) groups is 1. The highest BCUT2D eigenvalue weighted by Crippen LogP contribution is 2.20. The van der Waals surface area contributed by atoms with E-state index in [0.29, 0.717) is 15.7 Å². The number of nitrogens with zero attached hydrogens (tertiary/aromatic N) is 1. The topological polar surface area (TPSA) is 66.9 Å². The van der Waals surface area contributed by atoms with Crippen molar-refractivity contribution in [3.05, 3.63) is 67.6 Å². The second-order valence-electron chi connectivity index (χ2n) is 5.69. The molecule has 0 fully saturated rings. The number of amides is 1. The number of carbonyl (C=O) groups excluding carboxylic acids is 1. The zero-order valence-corrected chi connectivity index (χ0v) is 15.9. The molecule has 128 valence electrons. The average Bonchev–Trinajstić information content (AvgIpc) is 2.58. The van der Waals surface area contributed by atoms with Gasteiger partial charge in [-0.2, -0.15) is 0 Å². The molecule has 2 N–H and O–H groups in total. The van der Waals surface area contributed by atoms with E-state index >= 15 is 0 Å². The van der Waals surface area contributed by atoms with Crippen LogP contribution in [0.3, 0.4) is 0 Å². The lowest BCUT2D eigenvalue weighted by molar-refractivity contribution is -0.116. The second kappa shape index (κ2) is 7.33. The van der Waals surface area contributed by atoms with Gasteiger partial charge in [-0.3, -0.25) is 14.2 Å². The van der Waals surface area contributed by atoms with Gasteiger partial charge in [-0.25, -0.2) is 0 Å². The summed E-state index contributed by atoms with van der Waals surface area (Å²) in [5, 5.41) is 3.39. The van der Waals surface area contributed by atoms with Crippen molar-refractivity contribution in [2.75, 3.05) is 5.32 Å². The number of fused-ring (bicyclic) bond motifs is 1. The Morgan fingerprint density at radius 3 is 2.80 bits per heavy atom. The fourth-order valence-corrected chi connectivity index (χ4v) is 3.09. The van der Waals surface area contributed by atoms with Gasteiger partial charge in [0.2, 0.25) is 5.91 Å². The van der Waals surface area contributed by atoms with Crippen LogP contribution >= 0.6 is 28.1 Å². The highest BCUT2D eigenvalue weighted by molar-refractivity contribution is 9.10. The van der Waals surface area contributed by atoms with Gasteiger partial charge in [0.15, 0.2) is 4.77 Å². The van der Waals surface area contributed by atoms with E-state index in [1.165, 1.54) is 4.57 Å². The van der Waals surface area contributed by atoms with Crippen LogP contribution in [0.1, 0.15) is 12.0 Å². The number of hydrogen-bond acceptors (Lipinski definition) is 3. The monoisotopic (exact) mass is 417 g/mol. The Morgan fingerprint density at radius 2 is 2.04 bits per heavy atom. The molecule has 1 heterocycles. The number of hydrogen-bond donors (Lipinski definition) is 2. The lowest BCUT2D eigenvalue weighted by Gasteiger charge is -2.09. The first-order chi connectivity index (χ1) is 12.0. The zero-order chi connectivity index (χ0) is 18.0. The van der Waals surface area contributed by atoms with Crippen molar-refractivity contribution in [3.63, 3.8) is 0 Å². The molecule has 1 amide bonds. The molecule has 0 bridgehead atoms. The smallest absolute Gasteiger partial charge is 0.262 e. The Hall–Kier alpha value is -2.25. The predicted molar refractivity (Wildman–Crippen MR) is 106 cm³/mol. The Labute approximate surface area is 157 Å². The van der Waals surface area contributed by atoms with Crippen molar-refractivity contribution in [1.82, 2.24) is 9.55 Å². The number of benzene rings is 2. The standard InChI is InChI=1S/C18H16BrN3O2S/c1-11-10-12(6-7-14(11)19)20-16(23)8-9-22-17(24)13-4-2-3-5-15(13)21-18(22)25/h2-7,10H,8-9H2,1H3,(H,20,23)(H,21,25). The molecule has 2 aromatic carbocycles. The minimum atomic E-state index is -0.188. The molecule has 0 atom stereocenters. The SMILES string of the molecule is Cc1cc(NC(=O)CCn2c(=S)[nH]c3ccccc3c2=O)ccc1Br. The second-order valence-corrected chi connectivity index (χ2v) is 6.94. The number of aromatic nitrogens is 2. The average molecular weight is 418 g/mol. The molecule has 1 aromatic heterocycles. The molecule has 25 heavy (non-hydrogen) atoms. The molecular weight excluding hydrogens is 402 g/mol. The van der Waals surface area contributed by atoms with E-state index in [9.17, 15) is 9.59 Å². The minimum Gasteiger partial charge on any atom is -0.332 e. The van der Waals surface area contributed by atoms with Crippen LogP contribution in [0.25, 0.3) is 10.9 Å². The quantitative estimate of drug-likeness (QED) is 0.626. The zero-order valence-electron chi connectivity index (χ0n) is 13.5. The van der Waals surface area contributed by atoms with E-state index in [4.69, 9.17) is 12.2 Å². The molecule has 5 nitrogen and oxygen atoms in total. The van der Waals surface area contributed by atoms with Gasteiger partial charge in [0.05, 0.1) is 10.9 Å². The summed E-state index contributed by atoms with van der Waals surface area (Å²) < 4.78 is 2.72. The first-order valence-electron chi connectivity index (χ1n) is 7.73. The summed E-state index contributed by atoms with van der Waals surface area (Å²) in [7, 11) is 0. The number of halogens is 1. The van der Waals surface area contributed by atoms with Crippen molar-refractivity contribution in [2.45, 2.75) is 19.9 Å². The normalized spacial score (nSPS) is 10.8. The molecule has 0 aliphatic rings. The fraction of sp³-hybridized carbons (Fsp3) is 0.167. The Morgan fingerprint density at radius 1 is 1.28 bits per heavy atom. The van der Waals surface area contributed by atoms with Gasteiger partial charge in [0, 0.05) is 23.1 Å². The summed E-state index contributed by atoms with van der Waals surface area (Å²) in [6.07, 6.45) is 0.158. The predicted octanol–water partition coefficient (Wildman–Crippen LogP) is 4.16. The van der Waals surface area contributed by atoms with Crippen LogP contribution in [0.4, 0.5) is 5.69 Å². The fourth-order valence-electron chi connectivity index (χ4n) is 2.56. The number of rotatable bonds is 4. The Kier molecular flexibility index (Phi) is 5.15. The van der Waals surface area contributed by atoms with Gasteiger partial charge in [0.1, 0.15) is 0 Å². The van der Waals surface area contributed by atoms with Crippen LogP contribution in [0.15, 0.2) is 51.7 Å². The maximum absolute atomic E-state index is 12.5. The molecule has 7 heteroatoms. The highest BCUT2D eigenvalue weighted by atomic mass is 79.9. The first-order valence-corrected chi connectivity index (χ1v) is 8.93. The summed E-state index contributed by atoms with van der Waals surface area (Å²) in [6.45, 7) is 2.17. The molecule has 3 rings (SSSR count). The molecule has 0 unspecified atom stereocenters. The van der Waals surface area contributed by atoms with Crippen molar-refractivity contribution >= 4 is 50.6 Å². The van der Waals surface area contributed by atoms with E-state index in [2.05, 4.69) is 26.2 Å². The Bertz CT molecular complexity index is 1070. The number of H-pyrrole nitrogens is 1. The van der Waals surface area contributed by atoms with E-state index < -0.39 is 0 Å². The summed E-state index contributed by atoms with van der Waals surface area (Å²) in [6, 6.07) is 12.8. The Balaban J connectivity index is 1.76. The van der Waals surface area contributed by atoms with Crippen LogP contribution in [-0.2, 0) is 11.3 Å². The van der Waals surface area contributed by atoms with Gasteiger partial charge in [-0.1, -0.05) is 28.1 Å². The van der Waals surface area contributed by atoms with Crippen molar-refractivity contribution in [3.8, 4) is 0 Å². The summed E-state index contributed by atoms with van der Waals surface area (Å²) in [5.41, 5.74) is 2.27. The van der Waals surface area contributed by atoms with E-state index in [-0.39, 0.29) is 24.4 Å². The third-order valence-electron chi connectivity index (χ3n) is 3.89. The third kappa shape index (κ3) is 3.88. The van der Waals surface area contributed by atoms with Gasteiger partial charge in [-0.15, -0.1) is 0 Å². The minimum absolute atomic E-state index is 0.158. The maximum atomic E-state index is 12.5. The molecule has 0 aliphatic heterocycles. The maximum Gasteiger partial charge on any atom is 0.262 e. The number of anilines is 1. The first kappa shape index (κ1) is 17.6. The summed E-state index contributed by atoms with van der Waals surface area (Å²) in [5.74, 6) is -0.170. The number of para-hydroxylation sites is 1. The van der Waals surface area contributed by atoms with Gasteiger partial charge in [0.25, 0.3) is 5.56 Å². The lowest BCUT2D eigenvalue weighted by atomic mass is 10.2. The van der Waals surface area contributed by atoms with E-state index in [0.717, 1.165) is 15.7 Å². The molecule has 0 saturated heterocycles. The molecular formula is C18H16BrN3O2S. The van der Waals surface area contributed by atoms with Gasteiger partial charge >= 0.3 is 0 Å². The van der Waals surface area contributed by atoms with Crippen LogP contribution in [0.2, 0.25) is 0 Å². The van der Waals surface area contributed by atoms with Gasteiger partial charge in [-0.05, 0) is 55.0 Å². The van der Waals surface area contributed by atoms with Crippen molar-refractivity contribution in [1.29, 1.82) is 0 Å². The van der Waals surface area contributed by atoms with Crippen LogP contribution in [-0.4, -0.2) is 15.5 Å². The summed E-state index contributed by atoms with van der Waals surface area (Å²) in [4.78, 5) is 27.8. The van der Waals surface area contributed by atoms with Crippen LogP contribution < -0.4 is 10.9 Å². The molecule has 0 spiro atoms. The van der Waals surface area contributed by atoms with Crippen molar-refractivity contribution in [2.24, 2.45) is 0 Å². The summed E-state index contributed by atoms with van der Waals surface area (Å²) >= 11 is 8.68. The third-order valence-corrected chi connectivity index (χ3v) is 5.11. The van der Waals surface area contributed by atoms with Crippen LogP contribution in [0.5, 0.6) is 0 Å². The molecule has 3 aromatic rings. The number of aryl methyl sites for hydroxylation is 1. The van der Waals surface area contributed by atoms with Crippen molar-refractivity contribution < 1.29 is 4.79 Å². The molecule has 0 radical (unpaired) electrons. The van der Waals surface area contributed by atoms with Crippen LogP contribution in [0, 0.1) is 11.7 Å². The number of nitrogens with one attached hydrogen (secondary N) is 2. The lowest BCUT2D eigenvalue weighted by Crippen LogP contribution is -2.25.